The Balaban J connectivity index is 1.30. The van der Waals surface area contributed by atoms with Crippen molar-refractivity contribution < 1.29 is 14.1 Å². The SMILES string of the molecule is Cc1noc(C)c1COc1ccc(C(=O)N2CCN(C3CCCC3)CC2)cc1. The van der Waals surface area contributed by atoms with E-state index >= 15 is 0 Å². The first-order valence-electron chi connectivity index (χ1n) is 10.3. The molecule has 1 aromatic heterocycles. The molecule has 0 spiro atoms. The molecule has 1 aliphatic carbocycles. The van der Waals surface area contributed by atoms with Gasteiger partial charge in [-0.25, -0.2) is 0 Å². The van der Waals surface area contributed by atoms with Gasteiger partial charge in [0.2, 0.25) is 0 Å². The summed E-state index contributed by atoms with van der Waals surface area (Å²) in [4.78, 5) is 17.4. The van der Waals surface area contributed by atoms with E-state index < -0.39 is 0 Å². The van der Waals surface area contributed by atoms with E-state index in [9.17, 15) is 4.79 Å². The van der Waals surface area contributed by atoms with E-state index in [1.54, 1.807) is 0 Å². The van der Waals surface area contributed by atoms with Crippen molar-refractivity contribution in [3.63, 3.8) is 0 Å². The van der Waals surface area contributed by atoms with Crippen LogP contribution in [0.25, 0.3) is 0 Å². The van der Waals surface area contributed by atoms with Crippen LogP contribution in [-0.4, -0.2) is 53.1 Å². The molecule has 0 radical (unpaired) electrons. The summed E-state index contributed by atoms with van der Waals surface area (Å²) in [5, 5.41) is 3.94. The van der Waals surface area contributed by atoms with Crippen molar-refractivity contribution in [1.29, 1.82) is 0 Å². The first-order chi connectivity index (χ1) is 13.6. The van der Waals surface area contributed by atoms with Gasteiger partial charge in [-0.1, -0.05) is 18.0 Å². The minimum absolute atomic E-state index is 0.114. The Morgan fingerprint density at radius 2 is 1.79 bits per heavy atom. The molecule has 1 aromatic carbocycles. The summed E-state index contributed by atoms with van der Waals surface area (Å²) < 4.78 is 11.0. The molecule has 6 nitrogen and oxygen atoms in total. The molecule has 0 atom stereocenters. The summed E-state index contributed by atoms with van der Waals surface area (Å²) in [6, 6.07) is 8.18. The van der Waals surface area contributed by atoms with Crippen LogP contribution in [0.5, 0.6) is 5.75 Å². The summed E-state index contributed by atoms with van der Waals surface area (Å²) >= 11 is 0. The van der Waals surface area contributed by atoms with Gasteiger partial charge in [-0.2, -0.15) is 0 Å². The van der Waals surface area contributed by atoms with E-state index in [4.69, 9.17) is 9.26 Å². The van der Waals surface area contributed by atoms with Crippen molar-refractivity contribution in [2.24, 2.45) is 0 Å². The summed E-state index contributed by atoms with van der Waals surface area (Å²) in [6.45, 7) is 7.83. The van der Waals surface area contributed by atoms with Crippen molar-refractivity contribution in [1.82, 2.24) is 15.0 Å². The van der Waals surface area contributed by atoms with Gasteiger partial charge in [-0.05, 0) is 51.0 Å². The van der Waals surface area contributed by atoms with Crippen LogP contribution in [0.3, 0.4) is 0 Å². The highest BCUT2D eigenvalue weighted by Gasteiger charge is 2.28. The second-order valence-corrected chi connectivity index (χ2v) is 7.88. The molecule has 28 heavy (non-hydrogen) atoms. The number of hydrogen-bond acceptors (Lipinski definition) is 5. The van der Waals surface area contributed by atoms with Crippen LogP contribution in [0.4, 0.5) is 0 Å². The Hall–Kier alpha value is -2.34. The van der Waals surface area contributed by atoms with Gasteiger partial charge in [0.25, 0.3) is 5.91 Å². The molecule has 1 aliphatic heterocycles. The molecule has 1 amide bonds. The molecule has 2 aromatic rings. The fraction of sp³-hybridized carbons (Fsp3) is 0.545. The van der Waals surface area contributed by atoms with Crippen LogP contribution < -0.4 is 4.74 Å². The van der Waals surface area contributed by atoms with Gasteiger partial charge >= 0.3 is 0 Å². The minimum Gasteiger partial charge on any atom is -0.489 e. The zero-order valence-electron chi connectivity index (χ0n) is 16.8. The molecule has 2 heterocycles. The Bertz CT molecular complexity index is 781. The number of carbonyl (C=O) groups excluding carboxylic acids is 1. The molecule has 6 heteroatoms. The Kier molecular flexibility index (Phi) is 5.67. The zero-order valence-corrected chi connectivity index (χ0v) is 16.8. The fourth-order valence-corrected chi connectivity index (χ4v) is 4.30. The highest BCUT2D eigenvalue weighted by atomic mass is 16.5. The van der Waals surface area contributed by atoms with Gasteiger partial charge in [0.15, 0.2) is 0 Å². The average molecular weight is 383 g/mol. The number of hydrogen-bond donors (Lipinski definition) is 0. The quantitative estimate of drug-likeness (QED) is 0.790. The predicted molar refractivity (Wildman–Crippen MR) is 106 cm³/mol. The van der Waals surface area contributed by atoms with E-state index in [-0.39, 0.29) is 5.91 Å². The molecular formula is C22H29N3O3. The second kappa shape index (κ2) is 8.35. The van der Waals surface area contributed by atoms with E-state index in [1.807, 2.05) is 43.0 Å². The fourth-order valence-electron chi connectivity index (χ4n) is 4.30. The van der Waals surface area contributed by atoms with Crippen molar-refractivity contribution >= 4 is 5.91 Å². The van der Waals surface area contributed by atoms with Crippen LogP contribution >= 0.6 is 0 Å². The topological polar surface area (TPSA) is 58.8 Å². The minimum atomic E-state index is 0.114. The number of rotatable bonds is 5. The third-order valence-electron chi connectivity index (χ3n) is 6.11. The molecule has 4 rings (SSSR count). The largest absolute Gasteiger partial charge is 0.489 e. The lowest BCUT2D eigenvalue weighted by molar-refractivity contribution is 0.0573. The van der Waals surface area contributed by atoms with Crippen LogP contribution in [0, 0.1) is 13.8 Å². The van der Waals surface area contributed by atoms with Crippen molar-refractivity contribution in [3.05, 3.63) is 46.8 Å². The van der Waals surface area contributed by atoms with Crippen LogP contribution in [-0.2, 0) is 6.61 Å². The normalized spacial score (nSPS) is 18.6. The monoisotopic (exact) mass is 383 g/mol. The maximum atomic E-state index is 12.8. The number of ether oxygens (including phenoxy) is 1. The van der Waals surface area contributed by atoms with Crippen molar-refractivity contribution in [2.45, 2.75) is 52.2 Å². The molecule has 150 valence electrons. The van der Waals surface area contributed by atoms with Crippen LogP contribution in [0.2, 0.25) is 0 Å². The van der Waals surface area contributed by atoms with Gasteiger partial charge in [-0.15, -0.1) is 0 Å². The third-order valence-corrected chi connectivity index (χ3v) is 6.11. The van der Waals surface area contributed by atoms with Crippen LogP contribution in [0.15, 0.2) is 28.8 Å². The number of piperazine rings is 1. The molecule has 0 unspecified atom stereocenters. The van der Waals surface area contributed by atoms with E-state index in [0.717, 1.165) is 60.6 Å². The van der Waals surface area contributed by atoms with E-state index in [2.05, 4.69) is 10.1 Å². The van der Waals surface area contributed by atoms with Gasteiger partial charge in [0.05, 0.1) is 11.3 Å². The Morgan fingerprint density at radius 1 is 1.11 bits per heavy atom. The predicted octanol–water partition coefficient (Wildman–Crippen LogP) is 3.57. The Labute approximate surface area is 166 Å². The molecule has 1 saturated carbocycles. The Morgan fingerprint density at radius 3 is 2.39 bits per heavy atom. The number of amides is 1. The van der Waals surface area contributed by atoms with Crippen molar-refractivity contribution in [3.8, 4) is 5.75 Å². The van der Waals surface area contributed by atoms with E-state index in [1.165, 1.54) is 25.7 Å². The summed E-state index contributed by atoms with van der Waals surface area (Å²) in [5.74, 6) is 1.63. The number of aryl methyl sites for hydroxylation is 2. The molecule has 0 N–H and O–H groups in total. The van der Waals surface area contributed by atoms with Gasteiger partial charge in [-0.3, -0.25) is 9.69 Å². The summed E-state index contributed by atoms with van der Waals surface area (Å²) in [5.41, 5.74) is 2.54. The number of benzene rings is 1. The van der Waals surface area contributed by atoms with E-state index in [0.29, 0.717) is 6.61 Å². The lowest BCUT2D eigenvalue weighted by atomic mass is 10.1. The number of aromatic nitrogens is 1. The molecule has 2 fully saturated rings. The molecule has 1 saturated heterocycles. The average Bonchev–Trinajstić information content (AvgIpc) is 3.37. The first kappa shape index (κ1) is 19.0. The van der Waals surface area contributed by atoms with Crippen LogP contribution in [0.1, 0.15) is 53.1 Å². The maximum Gasteiger partial charge on any atom is 0.253 e. The van der Waals surface area contributed by atoms with Crippen molar-refractivity contribution in [2.75, 3.05) is 26.2 Å². The second-order valence-electron chi connectivity index (χ2n) is 7.88. The third kappa shape index (κ3) is 4.07. The summed E-state index contributed by atoms with van der Waals surface area (Å²) in [6.07, 6.45) is 5.36. The maximum absolute atomic E-state index is 12.8. The zero-order chi connectivity index (χ0) is 19.5. The standard InChI is InChI=1S/C22H29N3O3/c1-16-21(17(2)28-23-16)15-27-20-9-7-18(8-10-20)22(26)25-13-11-24(12-14-25)19-5-3-4-6-19/h7-10,19H,3-6,11-15H2,1-2H3. The number of carbonyl (C=O) groups is 1. The lowest BCUT2D eigenvalue weighted by Gasteiger charge is -2.38. The van der Waals surface area contributed by atoms with Gasteiger partial charge < -0.3 is 14.2 Å². The summed E-state index contributed by atoms with van der Waals surface area (Å²) in [7, 11) is 0. The molecule has 2 aliphatic rings. The number of nitrogens with zero attached hydrogens (tertiary/aromatic N) is 3. The first-order valence-corrected chi connectivity index (χ1v) is 10.3. The van der Waals surface area contributed by atoms with Gasteiger partial charge in [0.1, 0.15) is 18.1 Å². The highest BCUT2D eigenvalue weighted by molar-refractivity contribution is 5.94. The highest BCUT2D eigenvalue weighted by Crippen LogP contribution is 2.25. The lowest BCUT2D eigenvalue weighted by Crippen LogP contribution is -2.51. The molecule has 0 bridgehead atoms. The van der Waals surface area contributed by atoms with Gasteiger partial charge in [0, 0.05) is 37.8 Å². The molecular weight excluding hydrogens is 354 g/mol. The smallest absolute Gasteiger partial charge is 0.253 e.